The Balaban J connectivity index is 1.00. The van der Waals surface area contributed by atoms with Crippen LogP contribution in [0, 0.1) is 13.8 Å². The molecule has 0 saturated carbocycles. The molecule has 0 bridgehead atoms. The van der Waals surface area contributed by atoms with Gasteiger partial charge in [-0.05, 0) is 147 Å². The van der Waals surface area contributed by atoms with Crippen LogP contribution in [0.25, 0.3) is 0 Å². The minimum atomic E-state index is 1.23. The van der Waals surface area contributed by atoms with Gasteiger partial charge in [0, 0.05) is 0 Å². The van der Waals surface area contributed by atoms with Gasteiger partial charge < -0.3 is 0 Å². The molecule has 34 heavy (non-hydrogen) atoms. The van der Waals surface area contributed by atoms with E-state index in [9.17, 15) is 0 Å². The van der Waals surface area contributed by atoms with Crippen LogP contribution in [0.4, 0.5) is 0 Å². The van der Waals surface area contributed by atoms with Crippen LogP contribution in [0.5, 0.6) is 0 Å². The standard InChI is InChI=1S/C34H42/c1-25-21-32(12-8-4-6-10-28-14-16-30-18-20-34(30)24-28)26(2)22-31(25)11-7-3-5-9-27-13-15-29-17-19-33(29)23-27/h13-16,21-24H,3-12,17-20H2,1-2H3. The fourth-order valence-electron chi connectivity index (χ4n) is 5.93. The van der Waals surface area contributed by atoms with E-state index in [0.29, 0.717) is 0 Å². The number of aryl methyl sites for hydroxylation is 10. The average molecular weight is 451 g/mol. The van der Waals surface area contributed by atoms with Crippen molar-refractivity contribution in [2.75, 3.05) is 0 Å². The summed E-state index contributed by atoms with van der Waals surface area (Å²) < 4.78 is 0. The van der Waals surface area contributed by atoms with Gasteiger partial charge in [0.15, 0.2) is 0 Å². The van der Waals surface area contributed by atoms with E-state index in [1.54, 1.807) is 44.5 Å². The third kappa shape index (κ3) is 5.65. The molecule has 0 unspecified atom stereocenters. The molecule has 3 aromatic carbocycles. The Bertz CT molecular complexity index is 1040. The summed E-state index contributed by atoms with van der Waals surface area (Å²) in [6.45, 7) is 4.65. The first-order valence-corrected chi connectivity index (χ1v) is 14.0. The van der Waals surface area contributed by atoms with Gasteiger partial charge in [-0.2, -0.15) is 0 Å². The van der Waals surface area contributed by atoms with Gasteiger partial charge in [-0.1, -0.05) is 61.4 Å². The summed E-state index contributed by atoms with van der Waals surface area (Å²) in [6, 6.07) is 19.3. The number of unbranched alkanes of at least 4 members (excludes halogenated alkanes) is 4. The van der Waals surface area contributed by atoms with E-state index in [2.05, 4.69) is 62.4 Å². The molecule has 0 aliphatic heterocycles. The summed E-state index contributed by atoms with van der Waals surface area (Å²) in [5.41, 5.74) is 15.6. The number of fused-ring (bicyclic) bond motifs is 2. The van der Waals surface area contributed by atoms with Gasteiger partial charge in [-0.15, -0.1) is 0 Å². The molecule has 0 atom stereocenters. The maximum absolute atomic E-state index is 2.49. The van der Waals surface area contributed by atoms with Crippen molar-refractivity contribution < 1.29 is 0 Å². The molecule has 0 N–H and O–H groups in total. The first kappa shape index (κ1) is 23.4. The van der Waals surface area contributed by atoms with Crippen molar-refractivity contribution in [1.29, 1.82) is 0 Å². The molecule has 0 saturated heterocycles. The Morgan fingerprint density at radius 2 is 0.853 bits per heavy atom. The molecular weight excluding hydrogens is 408 g/mol. The fraction of sp³-hybridized carbons (Fsp3) is 0.471. The van der Waals surface area contributed by atoms with E-state index in [0.717, 1.165) is 0 Å². The highest BCUT2D eigenvalue weighted by Gasteiger charge is 2.13. The summed E-state index contributed by atoms with van der Waals surface area (Å²) in [5, 5.41) is 0. The third-order valence-corrected chi connectivity index (χ3v) is 8.49. The van der Waals surface area contributed by atoms with Crippen LogP contribution in [0.1, 0.15) is 94.2 Å². The van der Waals surface area contributed by atoms with Gasteiger partial charge in [0.2, 0.25) is 0 Å². The van der Waals surface area contributed by atoms with Gasteiger partial charge in [0.05, 0.1) is 0 Å². The van der Waals surface area contributed by atoms with Gasteiger partial charge in [-0.25, -0.2) is 0 Å². The molecular formula is C34H42. The van der Waals surface area contributed by atoms with Crippen LogP contribution in [-0.2, 0) is 51.4 Å². The van der Waals surface area contributed by atoms with Crippen LogP contribution >= 0.6 is 0 Å². The highest BCUT2D eigenvalue weighted by atomic mass is 14.2. The molecule has 2 aliphatic carbocycles. The molecule has 5 rings (SSSR count). The normalized spacial score (nSPS) is 13.7. The third-order valence-electron chi connectivity index (χ3n) is 8.49. The van der Waals surface area contributed by atoms with Crippen molar-refractivity contribution in [2.45, 2.75) is 104 Å². The molecule has 0 spiro atoms. The minimum absolute atomic E-state index is 1.23. The molecule has 0 radical (unpaired) electrons. The summed E-state index contributed by atoms with van der Waals surface area (Å²) >= 11 is 0. The number of hydrogen-bond donors (Lipinski definition) is 0. The molecule has 2 aliphatic rings. The lowest BCUT2D eigenvalue weighted by atomic mass is 9.86. The molecule has 3 aromatic rings. The van der Waals surface area contributed by atoms with Crippen molar-refractivity contribution in [2.24, 2.45) is 0 Å². The van der Waals surface area contributed by atoms with Crippen molar-refractivity contribution >= 4 is 0 Å². The van der Waals surface area contributed by atoms with Gasteiger partial charge in [0.25, 0.3) is 0 Å². The van der Waals surface area contributed by atoms with E-state index in [1.807, 2.05) is 0 Å². The Labute approximate surface area is 207 Å². The lowest BCUT2D eigenvalue weighted by Gasteiger charge is -2.19. The Morgan fingerprint density at radius 1 is 0.441 bits per heavy atom. The van der Waals surface area contributed by atoms with E-state index in [4.69, 9.17) is 0 Å². The van der Waals surface area contributed by atoms with Crippen LogP contribution in [-0.4, -0.2) is 0 Å². The van der Waals surface area contributed by atoms with Crippen molar-refractivity contribution in [3.05, 3.63) is 104 Å². The smallest absolute Gasteiger partial charge is 0.0235 e. The monoisotopic (exact) mass is 450 g/mol. The predicted octanol–water partition coefficient (Wildman–Crippen LogP) is 8.41. The summed E-state index contributed by atoms with van der Waals surface area (Å²) in [7, 11) is 0. The summed E-state index contributed by atoms with van der Waals surface area (Å²) in [4.78, 5) is 0. The molecule has 0 nitrogen and oxygen atoms in total. The first-order valence-electron chi connectivity index (χ1n) is 14.0. The second-order valence-electron chi connectivity index (χ2n) is 11.0. The molecule has 178 valence electrons. The highest BCUT2D eigenvalue weighted by molar-refractivity contribution is 5.40. The van der Waals surface area contributed by atoms with Crippen molar-refractivity contribution in [3.8, 4) is 0 Å². The van der Waals surface area contributed by atoms with Crippen LogP contribution < -0.4 is 0 Å². The highest BCUT2D eigenvalue weighted by Crippen LogP contribution is 2.26. The topological polar surface area (TPSA) is 0 Å². The molecule has 0 amide bonds. The van der Waals surface area contributed by atoms with Crippen LogP contribution in [0.3, 0.4) is 0 Å². The van der Waals surface area contributed by atoms with Crippen LogP contribution in [0.15, 0.2) is 48.5 Å². The molecule has 0 heteroatoms. The second kappa shape index (κ2) is 10.9. The molecule has 0 heterocycles. The minimum Gasteiger partial charge on any atom is -0.0588 e. The largest absolute Gasteiger partial charge is 0.0588 e. The average Bonchev–Trinajstić information content (AvgIpc) is 2.79. The summed E-state index contributed by atoms with van der Waals surface area (Å²) in [6.07, 6.45) is 18.1. The Morgan fingerprint density at radius 3 is 1.24 bits per heavy atom. The van der Waals surface area contributed by atoms with Gasteiger partial charge in [0.1, 0.15) is 0 Å². The Kier molecular flexibility index (Phi) is 7.53. The van der Waals surface area contributed by atoms with E-state index < -0.39 is 0 Å². The Hall–Kier alpha value is -2.34. The van der Waals surface area contributed by atoms with Crippen molar-refractivity contribution in [1.82, 2.24) is 0 Å². The number of hydrogen-bond acceptors (Lipinski definition) is 0. The number of benzene rings is 3. The van der Waals surface area contributed by atoms with E-state index in [1.165, 1.54) is 101 Å². The SMILES string of the molecule is Cc1cc(CCCCCc2ccc3c(c2)CC3)c(C)cc1CCCCCc1ccc2c(c1)CC2. The van der Waals surface area contributed by atoms with Crippen molar-refractivity contribution in [3.63, 3.8) is 0 Å². The maximum Gasteiger partial charge on any atom is -0.0235 e. The van der Waals surface area contributed by atoms with E-state index in [-0.39, 0.29) is 0 Å². The lowest BCUT2D eigenvalue weighted by Crippen LogP contribution is -2.08. The second-order valence-corrected chi connectivity index (χ2v) is 11.0. The summed E-state index contributed by atoms with van der Waals surface area (Å²) in [5.74, 6) is 0. The maximum atomic E-state index is 2.49. The van der Waals surface area contributed by atoms with E-state index >= 15 is 0 Å². The molecule has 0 aromatic heterocycles. The first-order chi connectivity index (χ1) is 16.7. The van der Waals surface area contributed by atoms with Crippen LogP contribution in [0.2, 0.25) is 0 Å². The zero-order valence-corrected chi connectivity index (χ0v) is 21.5. The van der Waals surface area contributed by atoms with Gasteiger partial charge in [-0.3, -0.25) is 0 Å². The zero-order chi connectivity index (χ0) is 23.3. The van der Waals surface area contributed by atoms with Gasteiger partial charge >= 0.3 is 0 Å². The number of rotatable bonds is 12. The zero-order valence-electron chi connectivity index (χ0n) is 21.5. The molecule has 0 fully saturated rings. The fourth-order valence-corrected chi connectivity index (χ4v) is 5.93. The predicted molar refractivity (Wildman–Crippen MR) is 146 cm³/mol. The lowest BCUT2D eigenvalue weighted by molar-refractivity contribution is 0.670. The quantitative estimate of drug-likeness (QED) is 0.243.